The molecule has 0 N–H and O–H groups in total. The van der Waals surface area contributed by atoms with Crippen molar-refractivity contribution in [3.63, 3.8) is 0 Å². The first-order chi connectivity index (χ1) is 14.8. The minimum absolute atomic E-state index is 0.392. The number of aromatic nitrogens is 1. The van der Waals surface area contributed by atoms with Crippen molar-refractivity contribution in [1.82, 2.24) is 4.98 Å². The van der Waals surface area contributed by atoms with E-state index in [4.69, 9.17) is 4.98 Å². The zero-order chi connectivity index (χ0) is 20.8. The van der Waals surface area contributed by atoms with Gasteiger partial charge >= 0.3 is 0 Å². The molecular formula is C28H26N2. The molecule has 0 amide bonds. The SMILES string of the molecule is C=CCC(C)c1ccccc1-c1cc(N(c2ccccc2)c2ccccc2)ccn1. The number of benzene rings is 3. The fraction of sp³-hybridized carbons (Fsp3) is 0.107. The molecule has 1 aromatic heterocycles. The molecule has 0 fully saturated rings. The summed E-state index contributed by atoms with van der Waals surface area (Å²) in [7, 11) is 0. The van der Waals surface area contributed by atoms with E-state index >= 15 is 0 Å². The van der Waals surface area contributed by atoms with Crippen LogP contribution in [-0.4, -0.2) is 4.98 Å². The molecule has 148 valence electrons. The lowest BCUT2D eigenvalue weighted by molar-refractivity contribution is 0.783. The van der Waals surface area contributed by atoms with E-state index in [1.54, 1.807) is 0 Å². The maximum absolute atomic E-state index is 4.73. The second-order valence-electron chi connectivity index (χ2n) is 7.42. The van der Waals surface area contributed by atoms with Crippen LogP contribution in [0, 0.1) is 0 Å². The highest BCUT2D eigenvalue weighted by Gasteiger charge is 2.15. The summed E-state index contributed by atoms with van der Waals surface area (Å²) in [6, 6.07) is 33.7. The standard InChI is InChI=1S/C28H26N2/c1-3-12-22(2)26-17-10-11-18-27(26)28-21-25(19-20-29-28)30(23-13-6-4-7-14-23)24-15-8-5-9-16-24/h3-11,13-22H,1,12H2,2H3. The van der Waals surface area contributed by atoms with Gasteiger partial charge in [0.15, 0.2) is 0 Å². The van der Waals surface area contributed by atoms with Gasteiger partial charge < -0.3 is 4.90 Å². The van der Waals surface area contributed by atoms with Crippen molar-refractivity contribution in [1.29, 1.82) is 0 Å². The van der Waals surface area contributed by atoms with E-state index in [2.05, 4.69) is 103 Å². The summed E-state index contributed by atoms with van der Waals surface area (Å²) in [5.74, 6) is 0.392. The predicted octanol–water partition coefficient (Wildman–Crippen LogP) is 7.90. The Labute approximate surface area is 179 Å². The van der Waals surface area contributed by atoms with Gasteiger partial charge in [0, 0.05) is 28.8 Å². The molecule has 0 saturated carbocycles. The lowest BCUT2D eigenvalue weighted by atomic mass is 9.91. The summed E-state index contributed by atoms with van der Waals surface area (Å²) in [6.45, 7) is 6.15. The number of hydrogen-bond acceptors (Lipinski definition) is 2. The Kier molecular flexibility index (Phi) is 6.05. The number of allylic oxidation sites excluding steroid dienone is 1. The monoisotopic (exact) mass is 390 g/mol. The van der Waals surface area contributed by atoms with Gasteiger partial charge in [0.2, 0.25) is 0 Å². The van der Waals surface area contributed by atoms with Crippen LogP contribution in [-0.2, 0) is 0 Å². The van der Waals surface area contributed by atoms with Gasteiger partial charge in [-0.05, 0) is 54.3 Å². The van der Waals surface area contributed by atoms with Crippen molar-refractivity contribution < 1.29 is 0 Å². The van der Waals surface area contributed by atoms with Crippen LogP contribution >= 0.6 is 0 Å². The van der Waals surface area contributed by atoms with Crippen LogP contribution in [0.25, 0.3) is 11.3 Å². The highest BCUT2D eigenvalue weighted by Crippen LogP contribution is 2.37. The Morgan fingerprint density at radius 3 is 2.03 bits per heavy atom. The summed E-state index contributed by atoms with van der Waals surface area (Å²) in [4.78, 5) is 6.99. The maximum atomic E-state index is 4.73. The smallest absolute Gasteiger partial charge is 0.0725 e. The molecule has 0 saturated heterocycles. The van der Waals surface area contributed by atoms with Crippen LogP contribution < -0.4 is 4.90 Å². The Balaban J connectivity index is 1.82. The zero-order valence-corrected chi connectivity index (χ0v) is 17.3. The number of hydrogen-bond donors (Lipinski definition) is 0. The highest BCUT2D eigenvalue weighted by atomic mass is 15.1. The Morgan fingerprint density at radius 2 is 1.40 bits per heavy atom. The van der Waals surface area contributed by atoms with Gasteiger partial charge in [-0.15, -0.1) is 6.58 Å². The number of pyridine rings is 1. The first-order valence-electron chi connectivity index (χ1n) is 10.3. The topological polar surface area (TPSA) is 16.1 Å². The van der Waals surface area contributed by atoms with Crippen molar-refractivity contribution in [2.45, 2.75) is 19.3 Å². The molecule has 4 aromatic rings. The van der Waals surface area contributed by atoms with E-state index in [0.717, 1.165) is 29.2 Å². The van der Waals surface area contributed by atoms with Crippen molar-refractivity contribution in [3.8, 4) is 11.3 Å². The van der Waals surface area contributed by atoms with Crippen LogP contribution in [0.15, 0.2) is 116 Å². The molecule has 0 aliphatic rings. The van der Waals surface area contributed by atoms with Gasteiger partial charge in [-0.2, -0.15) is 0 Å². The van der Waals surface area contributed by atoms with E-state index in [1.807, 2.05) is 24.4 Å². The van der Waals surface area contributed by atoms with E-state index < -0.39 is 0 Å². The summed E-state index contributed by atoms with van der Waals surface area (Å²) < 4.78 is 0. The molecule has 0 spiro atoms. The quantitative estimate of drug-likeness (QED) is 0.298. The zero-order valence-electron chi connectivity index (χ0n) is 17.3. The fourth-order valence-corrected chi connectivity index (χ4v) is 3.84. The summed E-state index contributed by atoms with van der Waals surface area (Å²) in [6.07, 6.45) is 4.83. The molecule has 0 bridgehead atoms. The van der Waals surface area contributed by atoms with Crippen LogP contribution in [0.4, 0.5) is 17.1 Å². The van der Waals surface area contributed by atoms with E-state index in [1.165, 1.54) is 11.1 Å². The van der Waals surface area contributed by atoms with Gasteiger partial charge in [-0.25, -0.2) is 0 Å². The summed E-state index contributed by atoms with van der Waals surface area (Å²) in [5, 5.41) is 0. The Hall–Kier alpha value is -3.65. The molecule has 2 heteroatoms. The van der Waals surface area contributed by atoms with Crippen molar-refractivity contribution in [2.24, 2.45) is 0 Å². The molecule has 1 unspecified atom stereocenters. The molecule has 0 aliphatic heterocycles. The third kappa shape index (κ3) is 4.18. The fourth-order valence-electron chi connectivity index (χ4n) is 3.84. The number of anilines is 3. The molecule has 3 aromatic carbocycles. The molecule has 4 rings (SSSR count). The first kappa shape index (κ1) is 19.7. The number of nitrogens with zero attached hydrogens (tertiary/aromatic N) is 2. The highest BCUT2D eigenvalue weighted by molar-refractivity contribution is 5.79. The Morgan fingerprint density at radius 1 is 0.800 bits per heavy atom. The minimum Gasteiger partial charge on any atom is -0.310 e. The molecular weight excluding hydrogens is 364 g/mol. The minimum atomic E-state index is 0.392. The average molecular weight is 391 g/mol. The van der Waals surface area contributed by atoms with Crippen LogP contribution in [0.1, 0.15) is 24.8 Å². The third-order valence-corrected chi connectivity index (χ3v) is 5.32. The third-order valence-electron chi connectivity index (χ3n) is 5.32. The van der Waals surface area contributed by atoms with E-state index in [-0.39, 0.29) is 0 Å². The first-order valence-corrected chi connectivity index (χ1v) is 10.3. The van der Waals surface area contributed by atoms with Crippen LogP contribution in [0.3, 0.4) is 0 Å². The summed E-state index contributed by atoms with van der Waals surface area (Å²) >= 11 is 0. The second kappa shape index (κ2) is 9.23. The molecule has 1 atom stereocenters. The van der Waals surface area contributed by atoms with E-state index in [0.29, 0.717) is 5.92 Å². The second-order valence-corrected chi connectivity index (χ2v) is 7.42. The molecule has 0 radical (unpaired) electrons. The van der Waals surface area contributed by atoms with E-state index in [9.17, 15) is 0 Å². The lowest BCUT2D eigenvalue weighted by Crippen LogP contribution is -2.10. The molecule has 1 heterocycles. The molecule has 30 heavy (non-hydrogen) atoms. The number of rotatable bonds is 7. The van der Waals surface area contributed by atoms with Gasteiger partial charge in [-0.3, -0.25) is 4.98 Å². The van der Waals surface area contributed by atoms with Crippen molar-refractivity contribution in [3.05, 3.63) is 121 Å². The summed E-state index contributed by atoms with van der Waals surface area (Å²) in [5.41, 5.74) is 6.78. The predicted molar refractivity (Wildman–Crippen MR) is 128 cm³/mol. The van der Waals surface area contributed by atoms with Crippen molar-refractivity contribution >= 4 is 17.1 Å². The number of para-hydroxylation sites is 2. The lowest BCUT2D eigenvalue weighted by Gasteiger charge is -2.26. The van der Waals surface area contributed by atoms with Crippen LogP contribution in [0.5, 0.6) is 0 Å². The van der Waals surface area contributed by atoms with Crippen molar-refractivity contribution in [2.75, 3.05) is 4.90 Å². The van der Waals surface area contributed by atoms with Crippen LogP contribution in [0.2, 0.25) is 0 Å². The normalized spacial score (nSPS) is 11.6. The van der Waals surface area contributed by atoms with Gasteiger partial charge in [-0.1, -0.05) is 73.7 Å². The Bertz CT molecular complexity index is 1060. The average Bonchev–Trinajstić information content (AvgIpc) is 2.81. The molecule has 2 nitrogen and oxygen atoms in total. The largest absolute Gasteiger partial charge is 0.310 e. The van der Waals surface area contributed by atoms with Gasteiger partial charge in [0.05, 0.1) is 5.69 Å². The van der Waals surface area contributed by atoms with Gasteiger partial charge in [0.1, 0.15) is 0 Å². The maximum Gasteiger partial charge on any atom is 0.0725 e. The van der Waals surface area contributed by atoms with Gasteiger partial charge in [0.25, 0.3) is 0 Å². The molecule has 0 aliphatic carbocycles.